The maximum atomic E-state index is 14.0. The van der Waals surface area contributed by atoms with Crippen LogP contribution in [0.3, 0.4) is 0 Å². The largest absolute Gasteiger partial charge is 0.507 e. The number of benzene rings is 2. The highest BCUT2D eigenvalue weighted by atomic mass is 16.5. The van der Waals surface area contributed by atoms with E-state index in [1.165, 1.54) is 9.80 Å². The van der Waals surface area contributed by atoms with Crippen molar-refractivity contribution in [1.82, 2.24) is 9.80 Å². The Hall–Kier alpha value is -3.91. The van der Waals surface area contributed by atoms with E-state index in [4.69, 9.17) is 4.74 Å². The summed E-state index contributed by atoms with van der Waals surface area (Å²) in [5, 5.41) is 11.5. The molecule has 8 nitrogen and oxygen atoms in total. The van der Waals surface area contributed by atoms with Gasteiger partial charge in [0, 0.05) is 30.4 Å². The van der Waals surface area contributed by atoms with Gasteiger partial charge in [-0.2, -0.15) is 0 Å². The summed E-state index contributed by atoms with van der Waals surface area (Å²) < 4.78 is 5.63. The van der Waals surface area contributed by atoms with E-state index >= 15 is 0 Å². The number of hydrogen-bond acceptors (Lipinski definition) is 6. The summed E-state index contributed by atoms with van der Waals surface area (Å²) >= 11 is 0. The molecule has 1 atom stereocenters. The second kappa shape index (κ2) is 9.62. The molecule has 2 aromatic rings. The van der Waals surface area contributed by atoms with Crippen molar-refractivity contribution in [2.75, 3.05) is 45.7 Å². The van der Waals surface area contributed by atoms with Gasteiger partial charge in [0.1, 0.15) is 18.1 Å². The van der Waals surface area contributed by atoms with Gasteiger partial charge < -0.3 is 24.5 Å². The lowest BCUT2D eigenvalue weighted by Crippen LogP contribution is -2.51. The summed E-state index contributed by atoms with van der Waals surface area (Å²) in [4.78, 5) is 45.6. The predicted molar refractivity (Wildman–Crippen MR) is 138 cm³/mol. The van der Waals surface area contributed by atoms with Crippen molar-refractivity contribution in [3.8, 4) is 5.75 Å². The fraction of sp³-hybridized carbons (Fsp3) is 0.321. The number of fused-ring (bicyclic) bond motifs is 2. The van der Waals surface area contributed by atoms with Crippen LogP contribution < -0.4 is 9.64 Å². The highest BCUT2D eigenvalue weighted by Gasteiger charge is 2.66. The maximum Gasteiger partial charge on any atom is 0.296 e. The molecule has 2 aromatic carbocycles. The van der Waals surface area contributed by atoms with Crippen molar-refractivity contribution < 1.29 is 24.2 Å². The molecule has 0 aromatic heterocycles. The van der Waals surface area contributed by atoms with E-state index in [9.17, 15) is 19.5 Å². The standard InChI is InChI=1S/C28H31N3O5/c1-6-16-36-22-13-12-19(17-18(22)2)24(32)23-25(33)26(34)31(15-9-14-29(3)4)28(23)20-10-7-8-11-21(20)30(5)27(28)35/h6-8,10-13,17,32H,1,9,14-16H2,2-5H3/t28-/m0/s1. The maximum absolute atomic E-state index is 14.0. The van der Waals surface area contributed by atoms with E-state index in [2.05, 4.69) is 6.58 Å². The minimum Gasteiger partial charge on any atom is -0.507 e. The molecule has 2 aliphatic rings. The lowest BCUT2D eigenvalue weighted by atomic mass is 9.81. The number of ketones is 1. The first-order valence-electron chi connectivity index (χ1n) is 11.8. The zero-order valence-corrected chi connectivity index (χ0v) is 21.1. The Labute approximate surface area is 211 Å². The van der Waals surface area contributed by atoms with Gasteiger partial charge in [-0.25, -0.2) is 0 Å². The molecule has 2 aliphatic heterocycles. The zero-order valence-electron chi connectivity index (χ0n) is 21.1. The van der Waals surface area contributed by atoms with Crippen LogP contribution in [0.5, 0.6) is 5.75 Å². The molecule has 1 spiro atoms. The van der Waals surface area contributed by atoms with Crippen molar-refractivity contribution in [3.05, 3.63) is 77.4 Å². The Morgan fingerprint density at radius 3 is 2.56 bits per heavy atom. The fourth-order valence-corrected chi connectivity index (χ4v) is 5.07. The number of rotatable bonds is 8. The number of ether oxygens (including phenoxy) is 1. The van der Waals surface area contributed by atoms with E-state index in [0.717, 1.165) is 5.56 Å². The van der Waals surface area contributed by atoms with Gasteiger partial charge in [0.2, 0.25) is 0 Å². The van der Waals surface area contributed by atoms with Gasteiger partial charge in [-0.15, -0.1) is 0 Å². The minimum absolute atomic E-state index is 0.181. The molecule has 0 unspecified atom stereocenters. The Morgan fingerprint density at radius 2 is 1.89 bits per heavy atom. The average Bonchev–Trinajstić information content (AvgIpc) is 3.21. The predicted octanol–water partition coefficient (Wildman–Crippen LogP) is 3.06. The topological polar surface area (TPSA) is 90.4 Å². The molecule has 36 heavy (non-hydrogen) atoms. The summed E-state index contributed by atoms with van der Waals surface area (Å²) in [6.45, 7) is 6.62. The van der Waals surface area contributed by atoms with Crippen LogP contribution in [0, 0.1) is 6.92 Å². The van der Waals surface area contributed by atoms with Crippen LogP contribution in [0.1, 0.15) is 23.1 Å². The lowest BCUT2D eigenvalue weighted by Gasteiger charge is -2.34. The van der Waals surface area contributed by atoms with Crippen LogP contribution >= 0.6 is 0 Å². The fourth-order valence-electron chi connectivity index (χ4n) is 5.07. The van der Waals surface area contributed by atoms with Crippen LogP contribution in [0.25, 0.3) is 5.76 Å². The summed E-state index contributed by atoms with van der Waals surface area (Å²) in [5.41, 5.74) is 0.206. The number of likely N-dealkylation sites (tertiary alicyclic amines) is 1. The van der Waals surface area contributed by atoms with Crippen molar-refractivity contribution in [2.24, 2.45) is 0 Å². The number of likely N-dealkylation sites (N-methyl/N-ethyl adjacent to an activating group) is 1. The number of anilines is 1. The molecule has 2 heterocycles. The molecular formula is C28H31N3O5. The first-order valence-corrected chi connectivity index (χ1v) is 11.8. The van der Waals surface area contributed by atoms with Gasteiger partial charge in [-0.05, 0) is 63.8 Å². The zero-order chi connectivity index (χ0) is 26.2. The second-order valence-corrected chi connectivity index (χ2v) is 9.34. The summed E-state index contributed by atoms with van der Waals surface area (Å²) in [7, 11) is 5.45. The molecule has 0 saturated carbocycles. The molecule has 188 valence electrons. The summed E-state index contributed by atoms with van der Waals surface area (Å²) in [6, 6.07) is 12.1. The van der Waals surface area contributed by atoms with Gasteiger partial charge >= 0.3 is 0 Å². The third kappa shape index (κ3) is 3.78. The quantitative estimate of drug-likeness (QED) is 0.265. The first kappa shape index (κ1) is 25.2. The van der Waals surface area contributed by atoms with Crippen molar-refractivity contribution in [2.45, 2.75) is 18.9 Å². The number of nitrogens with zero attached hydrogens (tertiary/aromatic N) is 3. The molecule has 0 aliphatic carbocycles. The number of aliphatic hydroxyl groups excluding tert-OH is 1. The number of carbonyl (C=O) groups is 3. The number of aryl methyl sites for hydroxylation is 1. The number of aliphatic hydroxyl groups is 1. The Bertz CT molecular complexity index is 1280. The molecule has 1 N–H and O–H groups in total. The highest BCUT2D eigenvalue weighted by Crippen LogP contribution is 2.53. The molecule has 1 fully saturated rings. The first-order chi connectivity index (χ1) is 17.2. The molecule has 0 radical (unpaired) electrons. The summed E-state index contributed by atoms with van der Waals surface area (Å²) in [6.07, 6.45) is 2.18. The lowest BCUT2D eigenvalue weighted by molar-refractivity contribution is -0.143. The average molecular weight is 490 g/mol. The van der Waals surface area contributed by atoms with E-state index in [1.54, 1.807) is 55.6 Å². The smallest absolute Gasteiger partial charge is 0.296 e. The number of para-hydroxylation sites is 1. The molecule has 8 heteroatoms. The monoisotopic (exact) mass is 489 g/mol. The Balaban J connectivity index is 1.93. The third-order valence-corrected chi connectivity index (χ3v) is 6.73. The van der Waals surface area contributed by atoms with Crippen molar-refractivity contribution in [1.29, 1.82) is 0 Å². The molecule has 2 amide bonds. The number of amides is 2. The third-order valence-electron chi connectivity index (χ3n) is 6.73. The number of carbonyl (C=O) groups excluding carboxylic acids is 3. The molecule has 4 rings (SSSR count). The molecule has 0 bridgehead atoms. The Kier molecular flexibility index (Phi) is 6.73. The summed E-state index contributed by atoms with van der Waals surface area (Å²) in [5.74, 6) is -1.90. The van der Waals surface area contributed by atoms with Gasteiger partial charge in [-0.3, -0.25) is 14.4 Å². The minimum atomic E-state index is -1.73. The molecule has 1 saturated heterocycles. The highest BCUT2D eigenvalue weighted by molar-refractivity contribution is 6.50. The molecular weight excluding hydrogens is 458 g/mol. The van der Waals surface area contributed by atoms with Gasteiger partial charge in [-0.1, -0.05) is 30.9 Å². The van der Waals surface area contributed by atoms with Gasteiger partial charge in [0.25, 0.3) is 17.6 Å². The number of hydrogen-bond donors (Lipinski definition) is 1. The second-order valence-electron chi connectivity index (χ2n) is 9.34. The van der Waals surface area contributed by atoms with E-state index in [0.29, 0.717) is 42.1 Å². The van der Waals surface area contributed by atoms with E-state index in [-0.39, 0.29) is 17.9 Å². The van der Waals surface area contributed by atoms with Crippen LogP contribution in [-0.4, -0.2) is 73.3 Å². The van der Waals surface area contributed by atoms with Crippen LogP contribution in [0.15, 0.2) is 60.7 Å². The normalized spacial score (nSPS) is 20.5. The van der Waals surface area contributed by atoms with Crippen LogP contribution in [0.4, 0.5) is 5.69 Å². The van der Waals surface area contributed by atoms with Crippen LogP contribution in [-0.2, 0) is 19.9 Å². The van der Waals surface area contributed by atoms with Gasteiger partial charge in [0.15, 0.2) is 5.54 Å². The van der Waals surface area contributed by atoms with Crippen molar-refractivity contribution in [3.63, 3.8) is 0 Å². The van der Waals surface area contributed by atoms with E-state index in [1.807, 2.05) is 25.9 Å². The Morgan fingerprint density at radius 1 is 1.17 bits per heavy atom. The van der Waals surface area contributed by atoms with Crippen LogP contribution in [0.2, 0.25) is 0 Å². The van der Waals surface area contributed by atoms with E-state index < -0.39 is 23.1 Å². The SMILES string of the molecule is C=CCOc1ccc(C(O)=C2C(=O)C(=O)N(CCCN(C)C)[C@]23C(=O)N(C)c2ccccc23)cc1C. The van der Waals surface area contributed by atoms with Crippen molar-refractivity contribution >= 4 is 29.0 Å². The van der Waals surface area contributed by atoms with Gasteiger partial charge in [0.05, 0.1) is 5.57 Å². The number of Topliss-reactive ketones (excluding diaryl/α,β-unsaturated/α-hetero) is 1.